The van der Waals surface area contributed by atoms with E-state index < -0.39 is 6.04 Å². The van der Waals surface area contributed by atoms with Crippen molar-refractivity contribution in [1.29, 1.82) is 0 Å². The molecule has 2 amide bonds. The summed E-state index contributed by atoms with van der Waals surface area (Å²) in [4.78, 5) is 22.8. The Morgan fingerprint density at radius 3 is 2.45 bits per heavy atom. The van der Waals surface area contributed by atoms with Gasteiger partial charge in [-0.3, -0.25) is 9.59 Å². The second-order valence-electron chi connectivity index (χ2n) is 4.39. The molecule has 0 aromatic heterocycles. The van der Waals surface area contributed by atoms with E-state index in [2.05, 4.69) is 10.6 Å². The molecule has 0 radical (unpaired) electrons. The van der Waals surface area contributed by atoms with Crippen LogP contribution in [0.1, 0.15) is 13.8 Å². The number of nitrogens with one attached hydrogen (secondary N) is 2. The molecule has 0 saturated heterocycles. The Balaban J connectivity index is 2.13. The number of fused-ring (bicyclic) bond motifs is 1. The summed E-state index contributed by atoms with van der Waals surface area (Å²) in [7, 11) is 0. The molecule has 0 bridgehead atoms. The standard InChI is InChI=1S/C13H15ClN2O4/c1-7(15-8(2)17)13(18)16-10-6-12-11(5-9(10)14)19-3-4-20-12/h5-7H,3-4H2,1-2H3,(H,15,17)(H,16,18). The minimum atomic E-state index is -0.656. The lowest BCUT2D eigenvalue weighted by molar-refractivity contribution is -0.124. The van der Waals surface area contributed by atoms with Crippen molar-refractivity contribution in [3.8, 4) is 11.5 Å². The zero-order valence-corrected chi connectivity index (χ0v) is 11.9. The number of hydrogen-bond acceptors (Lipinski definition) is 4. The predicted octanol–water partition coefficient (Wildman–Crippen LogP) is 1.57. The van der Waals surface area contributed by atoms with Gasteiger partial charge < -0.3 is 20.1 Å². The third-order valence-corrected chi connectivity index (χ3v) is 3.02. The first-order valence-corrected chi connectivity index (χ1v) is 6.52. The molecule has 0 fully saturated rings. The van der Waals surface area contributed by atoms with Gasteiger partial charge in [0.25, 0.3) is 0 Å². The number of ether oxygens (including phenoxy) is 2. The second-order valence-corrected chi connectivity index (χ2v) is 4.79. The van der Waals surface area contributed by atoms with E-state index >= 15 is 0 Å². The summed E-state index contributed by atoms with van der Waals surface area (Å²) in [6, 6.07) is 2.54. The first-order chi connectivity index (χ1) is 9.47. The summed E-state index contributed by atoms with van der Waals surface area (Å²) >= 11 is 6.08. The van der Waals surface area contributed by atoms with E-state index in [0.717, 1.165) is 0 Å². The number of halogens is 1. The highest BCUT2D eigenvalue weighted by molar-refractivity contribution is 6.34. The van der Waals surface area contributed by atoms with Gasteiger partial charge in [-0.05, 0) is 6.92 Å². The Morgan fingerprint density at radius 1 is 1.25 bits per heavy atom. The monoisotopic (exact) mass is 298 g/mol. The average Bonchev–Trinajstić information content (AvgIpc) is 2.38. The van der Waals surface area contributed by atoms with Crippen molar-refractivity contribution in [2.45, 2.75) is 19.9 Å². The van der Waals surface area contributed by atoms with Crippen LogP contribution in [0.4, 0.5) is 5.69 Å². The lowest BCUT2D eigenvalue weighted by atomic mass is 10.2. The van der Waals surface area contributed by atoms with E-state index in [1.807, 2.05) is 0 Å². The zero-order chi connectivity index (χ0) is 14.7. The summed E-state index contributed by atoms with van der Waals surface area (Å²) in [6.45, 7) is 3.85. The van der Waals surface area contributed by atoms with Crippen molar-refractivity contribution >= 4 is 29.1 Å². The third-order valence-electron chi connectivity index (χ3n) is 2.70. The quantitative estimate of drug-likeness (QED) is 0.888. The maximum Gasteiger partial charge on any atom is 0.246 e. The fourth-order valence-electron chi connectivity index (χ4n) is 1.77. The second kappa shape index (κ2) is 6.00. The zero-order valence-electron chi connectivity index (χ0n) is 11.2. The Morgan fingerprint density at radius 2 is 1.85 bits per heavy atom. The van der Waals surface area contributed by atoms with E-state index in [-0.39, 0.29) is 11.8 Å². The fourth-order valence-corrected chi connectivity index (χ4v) is 1.97. The summed E-state index contributed by atoms with van der Waals surface area (Å²) < 4.78 is 10.8. The van der Waals surface area contributed by atoms with Crippen LogP contribution in [0.2, 0.25) is 5.02 Å². The van der Waals surface area contributed by atoms with Gasteiger partial charge in [-0.25, -0.2) is 0 Å². The van der Waals surface area contributed by atoms with Gasteiger partial charge in [0.2, 0.25) is 11.8 Å². The van der Waals surface area contributed by atoms with Crippen molar-refractivity contribution < 1.29 is 19.1 Å². The molecule has 1 unspecified atom stereocenters. The normalized spacial score (nSPS) is 14.3. The topological polar surface area (TPSA) is 76.7 Å². The molecule has 2 rings (SSSR count). The third kappa shape index (κ3) is 3.33. The van der Waals surface area contributed by atoms with Crippen molar-refractivity contribution in [2.75, 3.05) is 18.5 Å². The predicted molar refractivity (Wildman–Crippen MR) is 74.4 cm³/mol. The van der Waals surface area contributed by atoms with Gasteiger partial charge in [-0.1, -0.05) is 11.6 Å². The highest BCUT2D eigenvalue weighted by atomic mass is 35.5. The van der Waals surface area contributed by atoms with Crippen LogP contribution in [-0.4, -0.2) is 31.1 Å². The number of rotatable bonds is 3. The van der Waals surface area contributed by atoms with Crippen LogP contribution in [0.15, 0.2) is 12.1 Å². The Labute approximate surface area is 121 Å². The molecule has 1 atom stereocenters. The molecule has 1 aliphatic heterocycles. The number of carbonyl (C=O) groups excluding carboxylic acids is 2. The summed E-state index contributed by atoms with van der Waals surface area (Å²) in [5.74, 6) is 0.442. The van der Waals surface area contributed by atoms with Gasteiger partial charge in [0.15, 0.2) is 11.5 Å². The van der Waals surface area contributed by atoms with Crippen molar-refractivity contribution in [2.24, 2.45) is 0 Å². The van der Waals surface area contributed by atoms with Gasteiger partial charge >= 0.3 is 0 Å². The van der Waals surface area contributed by atoms with Gasteiger partial charge in [0.05, 0.1) is 10.7 Å². The van der Waals surface area contributed by atoms with Gasteiger partial charge in [-0.2, -0.15) is 0 Å². The smallest absolute Gasteiger partial charge is 0.246 e. The molecule has 0 saturated carbocycles. The first kappa shape index (κ1) is 14.5. The lowest BCUT2D eigenvalue weighted by Crippen LogP contribution is -2.40. The maximum absolute atomic E-state index is 11.9. The summed E-state index contributed by atoms with van der Waals surface area (Å²) in [6.07, 6.45) is 0. The van der Waals surface area contributed by atoms with Crippen molar-refractivity contribution in [3.05, 3.63) is 17.2 Å². The molecule has 1 aromatic carbocycles. The maximum atomic E-state index is 11.9. The fraction of sp³-hybridized carbons (Fsp3) is 0.385. The largest absolute Gasteiger partial charge is 0.486 e. The number of amides is 2. The van der Waals surface area contributed by atoms with Crippen molar-refractivity contribution in [1.82, 2.24) is 5.32 Å². The highest BCUT2D eigenvalue weighted by Gasteiger charge is 2.19. The van der Waals surface area contributed by atoms with E-state index in [0.29, 0.717) is 35.4 Å². The Bertz CT molecular complexity index is 547. The molecular formula is C13H15ClN2O4. The van der Waals surface area contributed by atoms with Gasteiger partial charge in [-0.15, -0.1) is 0 Å². The number of hydrogen-bond donors (Lipinski definition) is 2. The molecule has 2 N–H and O–H groups in total. The van der Waals surface area contributed by atoms with Gasteiger partial charge in [0.1, 0.15) is 19.3 Å². The molecular weight excluding hydrogens is 284 g/mol. The number of anilines is 1. The van der Waals surface area contributed by atoms with Crippen molar-refractivity contribution in [3.63, 3.8) is 0 Å². The number of carbonyl (C=O) groups is 2. The van der Waals surface area contributed by atoms with E-state index in [1.165, 1.54) is 6.92 Å². The van der Waals surface area contributed by atoms with E-state index in [4.69, 9.17) is 21.1 Å². The molecule has 108 valence electrons. The minimum Gasteiger partial charge on any atom is -0.486 e. The summed E-state index contributed by atoms with van der Waals surface area (Å²) in [5.41, 5.74) is 0.415. The molecule has 6 nitrogen and oxygen atoms in total. The van der Waals surface area contributed by atoms with Crippen LogP contribution >= 0.6 is 11.6 Å². The van der Waals surface area contributed by atoms with Crippen LogP contribution in [-0.2, 0) is 9.59 Å². The van der Waals surface area contributed by atoms with Gasteiger partial charge in [0, 0.05) is 19.1 Å². The molecule has 0 spiro atoms. The van der Waals surface area contributed by atoms with Crippen LogP contribution in [0.25, 0.3) is 0 Å². The minimum absolute atomic E-state index is 0.277. The van der Waals surface area contributed by atoms with Crippen LogP contribution < -0.4 is 20.1 Å². The average molecular weight is 299 g/mol. The van der Waals surface area contributed by atoms with E-state index in [9.17, 15) is 9.59 Å². The Kier molecular flexibility index (Phi) is 4.34. The molecule has 20 heavy (non-hydrogen) atoms. The van der Waals surface area contributed by atoms with Crippen LogP contribution in [0.5, 0.6) is 11.5 Å². The molecule has 1 aliphatic rings. The highest BCUT2D eigenvalue weighted by Crippen LogP contribution is 2.37. The molecule has 1 heterocycles. The Hall–Kier alpha value is -1.95. The first-order valence-electron chi connectivity index (χ1n) is 6.14. The van der Waals surface area contributed by atoms with Crippen LogP contribution in [0, 0.1) is 0 Å². The molecule has 1 aromatic rings. The van der Waals surface area contributed by atoms with E-state index in [1.54, 1.807) is 19.1 Å². The molecule has 0 aliphatic carbocycles. The number of benzene rings is 1. The lowest BCUT2D eigenvalue weighted by Gasteiger charge is -2.20. The molecule has 7 heteroatoms. The SMILES string of the molecule is CC(=O)NC(C)C(=O)Nc1cc2c(cc1Cl)OCCO2. The van der Waals surface area contributed by atoms with Crippen LogP contribution in [0.3, 0.4) is 0 Å². The summed E-state index contributed by atoms with van der Waals surface area (Å²) in [5, 5.41) is 5.48.